The highest BCUT2D eigenvalue weighted by atomic mass is 35.5. The van der Waals surface area contributed by atoms with E-state index in [1.165, 1.54) is 0 Å². The Kier molecular flexibility index (Phi) is 5.31. The second kappa shape index (κ2) is 7.81. The Balaban J connectivity index is 1.58. The van der Waals surface area contributed by atoms with Crippen molar-refractivity contribution in [1.82, 2.24) is 5.43 Å². The van der Waals surface area contributed by atoms with Crippen LogP contribution in [0.25, 0.3) is 10.8 Å². The van der Waals surface area contributed by atoms with Gasteiger partial charge in [-0.05, 0) is 47.5 Å². The zero-order valence-corrected chi connectivity index (χ0v) is 14.5. The van der Waals surface area contributed by atoms with Crippen molar-refractivity contribution in [3.05, 3.63) is 77.3 Å². The van der Waals surface area contributed by atoms with Gasteiger partial charge in [0.05, 0.1) is 6.21 Å². The van der Waals surface area contributed by atoms with Crippen molar-refractivity contribution in [2.45, 2.75) is 13.0 Å². The molecule has 126 valence electrons. The molecule has 0 radical (unpaired) electrons. The fourth-order valence-electron chi connectivity index (χ4n) is 2.41. The minimum absolute atomic E-state index is 0.210. The first-order valence-electron chi connectivity index (χ1n) is 7.96. The van der Waals surface area contributed by atoms with E-state index in [1.807, 2.05) is 48.5 Å². The standard InChI is InChI=1S/C20H18ClN3O/c1-14(20(25)24-22-13-15-6-9-18(21)10-7-15)23-19-11-8-16-4-2-3-5-17(16)12-19/h2-14,23H,1H3,(H,24,25). The van der Waals surface area contributed by atoms with Crippen LogP contribution in [0.3, 0.4) is 0 Å². The number of hydrazone groups is 1. The van der Waals surface area contributed by atoms with Crippen molar-refractivity contribution in [2.24, 2.45) is 5.10 Å². The van der Waals surface area contributed by atoms with E-state index in [9.17, 15) is 4.79 Å². The van der Waals surface area contributed by atoms with Gasteiger partial charge in [-0.15, -0.1) is 0 Å². The van der Waals surface area contributed by atoms with Gasteiger partial charge in [0.25, 0.3) is 5.91 Å². The van der Waals surface area contributed by atoms with Crippen LogP contribution < -0.4 is 10.7 Å². The number of amides is 1. The molecule has 0 heterocycles. The fraction of sp³-hybridized carbons (Fsp3) is 0.100. The molecule has 5 heteroatoms. The van der Waals surface area contributed by atoms with E-state index in [2.05, 4.69) is 21.9 Å². The van der Waals surface area contributed by atoms with Crippen LogP contribution in [0.2, 0.25) is 5.02 Å². The third kappa shape index (κ3) is 4.58. The number of benzene rings is 3. The van der Waals surface area contributed by atoms with E-state index >= 15 is 0 Å². The van der Waals surface area contributed by atoms with Gasteiger partial charge in [0.2, 0.25) is 0 Å². The normalized spacial score (nSPS) is 12.2. The third-order valence-electron chi connectivity index (χ3n) is 3.78. The minimum Gasteiger partial charge on any atom is -0.374 e. The van der Waals surface area contributed by atoms with E-state index in [0.29, 0.717) is 5.02 Å². The molecule has 0 saturated carbocycles. The first-order chi connectivity index (χ1) is 12.1. The minimum atomic E-state index is -0.413. The number of carbonyl (C=O) groups is 1. The van der Waals surface area contributed by atoms with Crippen molar-refractivity contribution >= 4 is 40.2 Å². The average Bonchev–Trinajstić information content (AvgIpc) is 2.63. The summed E-state index contributed by atoms with van der Waals surface area (Å²) < 4.78 is 0. The summed E-state index contributed by atoms with van der Waals surface area (Å²) in [5.74, 6) is -0.210. The van der Waals surface area contributed by atoms with Gasteiger partial charge in [-0.25, -0.2) is 5.43 Å². The van der Waals surface area contributed by atoms with E-state index < -0.39 is 6.04 Å². The number of halogens is 1. The third-order valence-corrected chi connectivity index (χ3v) is 4.04. The fourth-order valence-corrected chi connectivity index (χ4v) is 2.54. The van der Waals surface area contributed by atoms with Crippen LogP contribution in [0.15, 0.2) is 71.8 Å². The van der Waals surface area contributed by atoms with Gasteiger partial charge in [-0.3, -0.25) is 4.79 Å². The molecule has 0 spiro atoms. The summed E-state index contributed by atoms with van der Waals surface area (Å²) >= 11 is 5.83. The first kappa shape index (κ1) is 17.0. The lowest BCUT2D eigenvalue weighted by Crippen LogP contribution is -2.34. The van der Waals surface area contributed by atoms with Crippen LogP contribution in [0, 0.1) is 0 Å². The maximum atomic E-state index is 12.1. The number of carbonyl (C=O) groups excluding carboxylic acids is 1. The largest absolute Gasteiger partial charge is 0.374 e. The topological polar surface area (TPSA) is 53.5 Å². The molecule has 0 bridgehead atoms. The second-order valence-corrected chi connectivity index (χ2v) is 6.15. The molecular formula is C20H18ClN3O. The lowest BCUT2D eigenvalue weighted by Gasteiger charge is -2.14. The second-order valence-electron chi connectivity index (χ2n) is 5.71. The number of rotatable bonds is 5. The maximum absolute atomic E-state index is 12.1. The molecule has 1 amide bonds. The molecule has 3 aromatic carbocycles. The van der Waals surface area contributed by atoms with Crippen molar-refractivity contribution in [3.8, 4) is 0 Å². The number of fused-ring (bicyclic) bond motifs is 1. The maximum Gasteiger partial charge on any atom is 0.262 e. The highest BCUT2D eigenvalue weighted by molar-refractivity contribution is 6.30. The molecule has 0 aliphatic heterocycles. The summed E-state index contributed by atoms with van der Waals surface area (Å²) in [6.07, 6.45) is 1.58. The predicted octanol–water partition coefficient (Wildman–Crippen LogP) is 4.44. The Bertz CT molecular complexity index is 906. The van der Waals surface area contributed by atoms with Crippen molar-refractivity contribution < 1.29 is 4.79 Å². The van der Waals surface area contributed by atoms with Gasteiger partial charge in [-0.2, -0.15) is 5.10 Å². The Morgan fingerprint density at radius 3 is 2.52 bits per heavy atom. The van der Waals surface area contributed by atoms with Crippen molar-refractivity contribution in [2.75, 3.05) is 5.32 Å². The molecule has 0 saturated heterocycles. The monoisotopic (exact) mass is 351 g/mol. The van der Waals surface area contributed by atoms with E-state index in [1.54, 1.807) is 25.3 Å². The zero-order chi connectivity index (χ0) is 17.6. The summed E-state index contributed by atoms with van der Waals surface area (Å²) in [5.41, 5.74) is 4.29. The van der Waals surface area contributed by atoms with Gasteiger partial charge in [0, 0.05) is 10.7 Å². The molecule has 25 heavy (non-hydrogen) atoms. The molecule has 2 N–H and O–H groups in total. The lowest BCUT2D eigenvalue weighted by atomic mass is 10.1. The Morgan fingerprint density at radius 2 is 1.76 bits per heavy atom. The Labute approximate surface area is 151 Å². The molecule has 4 nitrogen and oxygen atoms in total. The van der Waals surface area contributed by atoms with Crippen LogP contribution in [0.5, 0.6) is 0 Å². The molecule has 0 aliphatic carbocycles. The van der Waals surface area contributed by atoms with Gasteiger partial charge in [0.15, 0.2) is 0 Å². The molecule has 0 aromatic heterocycles. The summed E-state index contributed by atoms with van der Waals surface area (Å²) in [7, 11) is 0. The highest BCUT2D eigenvalue weighted by Crippen LogP contribution is 2.19. The molecule has 3 aromatic rings. The number of nitrogens with zero attached hydrogens (tertiary/aromatic N) is 1. The van der Waals surface area contributed by atoms with Crippen LogP contribution in [0.4, 0.5) is 5.69 Å². The summed E-state index contributed by atoms with van der Waals surface area (Å²) in [4.78, 5) is 12.1. The van der Waals surface area contributed by atoms with Gasteiger partial charge < -0.3 is 5.32 Å². The lowest BCUT2D eigenvalue weighted by molar-refractivity contribution is -0.121. The molecule has 0 aliphatic rings. The molecule has 0 fully saturated rings. The SMILES string of the molecule is CC(Nc1ccc2ccccc2c1)C(=O)NN=Cc1ccc(Cl)cc1. The quantitative estimate of drug-likeness (QED) is 0.527. The van der Waals surface area contributed by atoms with E-state index in [0.717, 1.165) is 22.0 Å². The van der Waals surface area contributed by atoms with E-state index in [-0.39, 0.29) is 5.91 Å². The Morgan fingerprint density at radius 1 is 1.04 bits per heavy atom. The van der Waals surface area contributed by atoms with Gasteiger partial charge in [0.1, 0.15) is 6.04 Å². The molecular weight excluding hydrogens is 334 g/mol. The molecule has 3 rings (SSSR count). The van der Waals surface area contributed by atoms with Crippen LogP contribution in [0.1, 0.15) is 12.5 Å². The van der Waals surface area contributed by atoms with Gasteiger partial charge in [-0.1, -0.05) is 54.1 Å². The summed E-state index contributed by atoms with van der Waals surface area (Å²) in [6.45, 7) is 1.79. The zero-order valence-electron chi connectivity index (χ0n) is 13.7. The highest BCUT2D eigenvalue weighted by Gasteiger charge is 2.11. The van der Waals surface area contributed by atoms with Gasteiger partial charge >= 0.3 is 0 Å². The number of hydrogen-bond acceptors (Lipinski definition) is 3. The van der Waals surface area contributed by atoms with Crippen LogP contribution >= 0.6 is 11.6 Å². The van der Waals surface area contributed by atoms with Crippen LogP contribution in [-0.2, 0) is 4.79 Å². The van der Waals surface area contributed by atoms with Crippen LogP contribution in [-0.4, -0.2) is 18.2 Å². The molecule has 1 unspecified atom stereocenters. The number of hydrogen-bond donors (Lipinski definition) is 2. The first-order valence-corrected chi connectivity index (χ1v) is 8.33. The predicted molar refractivity (Wildman–Crippen MR) is 104 cm³/mol. The number of nitrogens with one attached hydrogen (secondary N) is 2. The molecule has 1 atom stereocenters. The average molecular weight is 352 g/mol. The number of anilines is 1. The summed E-state index contributed by atoms with van der Waals surface area (Å²) in [6, 6.07) is 20.9. The smallest absolute Gasteiger partial charge is 0.262 e. The Hall–Kier alpha value is -2.85. The van der Waals surface area contributed by atoms with Crippen molar-refractivity contribution in [1.29, 1.82) is 0 Å². The summed E-state index contributed by atoms with van der Waals surface area (Å²) in [5, 5.41) is 10.1. The van der Waals surface area contributed by atoms with E-state index in [4.69, 9.17) is 11.6 Å². The van der Waals surface area contributed by atoms with Crippen molar-refractivity contribution in [3.63, 3.8) is 0 Å².